The summed E-state index contributed by atoms with van der Waals surface area (Å²) in [6.07, 6.45) is 2.73. The van der Waals surface area contributed by atoms with E-state index >= 15 is 0 Å². The van der Waals surface area contributed by atoms with Gasteiger partial charge in [0.15, 0.2) is 0 Å². The largest absolute Gasteiger partial charge is 0.481 e. The van der Waals surface area contributed by atoms with Crippen molar-refractivity contribution in [2.75, 3.05) is 18.1 Å². The number of hydrogen-bond acceptors (Lipinski definition) is 3. The van der Waals surface area contributed by atoms with Crippen LogP contribution in [0.3, 0.4) is 0 Å². The molecule has 2 N–H and O–H groups in total. The molecule has 0 rings (SSSR count). The number of carboxylic acids is 1. The zero-order chi connectivity index (χ0) is 11.5. The average Bonchev–Trinajstić information content (AvgIpc) is 2.19. The van der Waals surface area contributed by atoms with Crippen molar-refractivity contribution in [1.29, 1.82) is 0 Å². The minimum atomic E-state index is -0.749. The van der Waals surface area contributed by atoms with E-state index < -0.39 is 5.97 Å². The number of carboxylic acid groups (broad SMARTS) is 1. The summed E-state index contributed by atoms with van der Waals surface area (Å²) in [6, 6.07) is 0. The number of amides is 1. The molecule has 0 aliphatic carbocycles. The molecule has 0 aromatic rings. The van der Waals surface area contributed by atoms with E-state index in [1.807, 2.05) is 6.92 Å². The lowest BCUT2D eigenvalue weighted by Crippen LogP contribution is -2.25. The standard InChI is InChI=1S/C10H19NO3S/c1-2-6-11-9(12)8-15-7-4-3-5-10(13)14/h2-8H2,1H3,(H,11,12)(H,13,14). The highest BCUT2D eigenvalue weighted by molar-refractivity contribution is 7.99. The zero-order valence-corrected chi connectivity index (χ0v) is 9.94. The Morgan fingerprint density at radius 1 is 1.33 bits per heavy atom. The molecule has 0 aliphatic heterocycles. The van der Waals surface area contributed by atoms with Gasteiger partial charge in [0.2, 0.25) is 5.91 Å². The number of hydrogen-bond donors (Lipinski definition) is 2. The number of rotatable bonds is 9. The van der Waals surface area contributed by atoms with E-state index in [2.05, 4.69) is 5.32 Å². The van der Waals surface area contributed by atoms with Crippen LogP contribution < -0.4 is 5.32 Å². The minimum absolute atomic E-state index is 0.0695. The molecule has 0 atom stereocenters. The number of aliphatic carboxylic acids is 1. The Bertz CT molecular complexity index is 197. The Labute approximate surface area is 94.8 Å². The first-order chi connectivity index (χ1) is 7.16. The second-order valence-electron chi connectivity index (χ2n) is 3.25. The number of thioether (sulfide) groups is 1. The van der Waals surface area contributed by atoms with Crippen LogP contribution in [0, 0.1) is 0 Å². The highest BCUT2D eigenvalue weighted by Crippen LogP contribution is 2.05. The Morgan fingerprint density at radius 2 is 2.07 bits per heavy atom. The minimum Gasteiger partial charge on any atom is -0.481 e. The van der Waals surface area contributed by atoms with E-state index in [1.54, 1.807) is 11.8 Å². The number of carbonyl (C=O) groups excluding carboxylic acids is 1. The lowest BCUT2D eigenvalue weighted by molar-refractivity contribution is -0.137. The normalized spacial score (nSPS) is 9.93. The van der Waals surface area contributed by atoms with Crippen molar-refractivity contribution in [3.63, 3.8) is 0 Å². The molecule has 88 valence electrons. The fraction of sp³-hybridized carbons (Fsp3) is 0.800. The molecular weight excluding hydrogens is 214 g/mol. The molecule has 0 aromatic carbocycles. The molecular formula is C10H19NO3S. The molecule has 0 heterocycles. The fourth-order valence-corrected chi connectivity index (χ4v) is 1.80. The van der Waals surface area contributed by atoms with E-state index in [9.17, 15) is 9.59 Å². The van der Waals surface area contributed by atoms with Crippen LogP contribution in [0.2, 0.25) is 0 Å². The van der Waals surface area contributed by atoms with E-state index in [4.69, 9.17) is 5.11 Å². The molecule has 0 radical (unpaired) electrons. The van der Waals surface area contributed by atoms with Gasteiger partial charge in [0.1, 0.15) is 0 Å². The van der Waals surface area contributed by atoms with Crippen molar-refractivity contribution in [3.8, 4) is 0 Å². The summed E-state index contributed by atoms with van der Waals surface area (Å²) in [6.45, 7) is 2.75. The van der Waals surface area contributed by atoms with Crippen LogP contribution in [0.25, 0.3) is 0 Å². The molecule has 0 saturated carbocycles. The maximum Gasteiger partial charge on any atom is 0.303 e. The molecule has 0 fully saturated rings. The monoisotopic (exact) mass is 233 g/mol. The van der Waals surface area contributed by atoms with Gasteiger partial charge in [0.05, 0.1) is 5.75 Å². The fourth-order valence-electron chi connectivity index (χ4n) is 0.961. The summed E-state index contributed by atoms with van der Waals surface area (Å²) in [7, 11) is 0. The van der Waals surface area contributed by atoms with Gasteiger partial charge in [-0.3, -0.25) is 9.59 Å². The predicted octanol–water partition coefficient (Wildman–Crippen LogP) is 1.50. The van der Waals surface area contributed by atoms with Crippen LogP contribution in [0.4, 0.5) is 0 Å². The first kappa shape index (κ1) is 14.3. The van der Waals surface area contributed by atoms with Crippen molar-refractivity contribution < 1.29 is 14.7 Å². The third kappa shape index (κ3) is 11.2. The summed E-state index contributed by atoms with van der Waals surface area (Å²) in [5, 5.41) is 11.2. The Balaban J connectivity index is 3.16. The average molecular weight is 233 g/mol. The van der Waals surface area contributed by atoms with Crippen molar-refractivity contribution in [3.05, 3.63) is 0 Å². The van der Waals surface area contributed by atoms with Gasteiger partial charge < -0.3 is 10.4 Å². The summed E-state index contributed by atoms with van der Waals surface area (Å²) < 4.78 is 0. The van der Waals surface area contributed by atoms with Gasteiger partial charge in [-0.05, 0) is 25.0 Å². The summed E-state index contributed by atoms with van der Waals surface area (Å²) in [5.74, 6) is 0.653. The van der Waals surface area contributed by atoms with Gasteiger partial charge >= 0.3 is 5.97 Å². The summed E-state index contributed by atoms with van der Waals surface area (Å²) >= 11 is 1.56. The maximum absolute atomic E-state index is 11.1. The van der Waals surface area contributed by atoms with E-state index in [1.165, 1.54) is 0 Å². The van der Waals surface area contributed by atoms with Crippen molar-refractivity contribution >= 4 is 23.6 Å². The second kappa shape index (κ2) is 9.83. The van der Waals surface area contributed by atoms with Gasteiger partial charge in [0, 0.05) is 13.0 Å². The molecule has 0 bridgehead atoms. The van der Waals surface area contributed by atoms with Crippen molar-refractivity contribution in [2.24, 2.45) is 0 Å². The lowest BCUT2D eigenvalue weighted by Gasteiger charge is -2.02. The molecule has 5 heteroatoms. The SMILES string of the molecule is CCCNC(=O)CSCCCCC(=O)O. The van der Waals surface area contributed by atoms with E-state index in [0.29, 0.717) is 12.2 Å². The van der Waals surface area contributed by atoms with Crippen molar-refractivity contribution in [1.82, 2.24) is 5.32 Å². The van der Waals surface area contributed by atoms with Crippen LogP contribution >= 0.6 is 11.8 Å². The first-order valence-corrected chi connectivity index (χ1v) is 6.38. The molecule has 0 saturated heterocycles. The van der Waals surface area contributed by atoms with Gasteiger partial charge in [-0.2, -0.15) is 11.8 Å². The molecule has 0 unspecified atom stereocenters. The summed E-state index contributed by atoms with van der Waals surface area (Å²) in [4.78, 5) is 21.3. The molecule has 0 spiro atoms. The smallest absolute Gasteiger partial charge is 0.303 e. The quantitative estimate of drug-likeness (QED) is 0.592. The Morgan fingerprint density at radius 3 is 2.67 bits per heavy atom. The van der Waals surface area contributed by atoms with Crippen LogP contribution in [0.1, 0.15) is 32.6 Å². The molecule has 15 heavy (non-hydrogen) atoms. The highest BCUT2D eigenvalue weighted by Gasteiger charge is 2.00. The number of carbonyl (C=O) groups is 2. The highest BCUT2D eigenvalue weighted by atomic mass is 32.2. The van der Waals surface area contributed by atoms with Crippen LogP contribution in [0.15, 0.2) is 0 Å². The van der Waals surface area contributed by atoms with Gasteiger partial charge in [0.25, 0.3) is 0 Å². The summed E-state index contributed by atoms with van der Waals surface area (Å²) in [5.41, 5.74) is 0. The maximum atomic E-state index is 11.1. The van der Waals surface area contributed by atoms with Gasteiger partial charge in [-0.1, -0.05) is 6.92 Å². The first-order valence-electron chi connectivity index (χ1n) is 5.23. The third-order valence-electron chi connectivity index (χ3n) is 1.73. The van der Waals surface area contributed by atoms with Crippen LogP contribution in [-0.2, 0) is 9.59 Å². The molecule has 0 aromatic heterocycles. The molecule has 0 aliphatic rings. The van der Waals surface area contributed by atoms with Gasteiger partial charge in [-0.25, -0.2) is 0 Å². The topological polar surface area (TPSA) is 66.4 Å². The molecule has 1 amide bonds. The second-order valence-corrected chi connectivity index (χ2v) is 4.36. The van der Waals surface area contributed by atoms with Crippen molar-refractivity contribution in [2.45, 2.75) is 32.6 Å². The van der Waals surface area contributed by atoms with Crippen LogP contribution in [0.5, 0.6) is 0 Å². The lowest BCUT2D eigenvalue weighted by atomic mass is 10.3. The Kier molecular flexibility index (Phi) is 9.36. The van der Waals surface area contributed by atoms with E-state index in [-0.39, 0.29) is 12.3 Å². The predicted molar refractivity (Wildman–Crippen MR) is 62.1 cm³/mol. The number of unbranched alkanes of at least 4 members (excludes halogenated alkanes) is 1. The molecule has 4 nitrogen and oxygen atoms in total. The third-order valence-corrected chi connectivity index (χ3v) is 2.78. The number of nitrogens with one attached hydrogen (secondary N) is 1. The Hall–Kier alpha value is -0.710. The zero-order valence-electron chi connectivity index (χ0n) is 9.12. The van der Waals surface area contributed by atoms with Crippen LogP contribution in [-0.4, -0.2) is 35.0 Å². The van der Waals surface area contributed by atoms with E-state index in [0.717, 1.165) is 25.1 Å². The van der Waals surface area contributed by atoms with Gasteiger partial charge in [-0.15, -0.1) is 0 Å².